The topological polar surface area (TPSA) is 96.9 Å². The van der Waals surface area contributed by atoms with Crippen molar-refractivity contribution in [2.75, 3.05) is 33.2 Å². The molecule has 0 bridgehead atoms. The number of aliphatic hydroxyl groups excluding tert-OH is 1. The van der Waals surface area contributed by atoms with E-state index in [0.29, 0.717) is 24.2 Å². The number of hydrogen-bond acceptors (Lipinski definition) is 6. The van der Waals surface area contributed by atoms with E-state index in [1.165, 1.54) is 11.6 Å². The number of rotatable bonds is 11. The first kappa shape index (κ1) is 24.0. The van der Waals surface area contributed by atoms with Crippen molar-refractivity contribution >= 4 is 12.3 Å². The molecule has 1 saturated heterocycles. The summed E-state index contributed by atoms with van der Waals surface area (Å²) in [6.45, 7) is 11.4. The third-order valence-corrected chi connectivity index (χ3v) is 5.86. The number of nitrogens with zero attached hydrogens (tertiary/aromatic N) is 2. The first-order valence-electron chi connectivity index (χ1n) is 10.8. The molecule has 0 spiro atoms. The van der Waals surface area contributed by atoms with E-state index < -0.39 is 0 Å². The third kappa shape index (κ3) is 6.60. The van der Waals surface area contributed by atoms with Crippen LogP contribution in [0.15, 0.2) is 35.8 Å². The van der Waals surface area contributed by atoms with Crippen LogP contribution in [0.1, 0.15) is 39.5 Å². The lowest BCUT2D eigenvalue weighted by Crippen LogP contribution is -2.60. The highest BCUT2D eigenvalue weighted by molar-refractivity contribution is 5.96. The van der Waals surface area contributed by atoms with Gasteiger partial charge in [0.1, 0.15) is 11.9 Å². The second-order valence-electron chi connectivity index (χ2n) is 8.26. The van der Waals surface area contributed by atoms with Crippen LogP contribution < -0.4 is 16.0 Å². The molecule has 2 aliphatic heterocycles. The number of piperazine rings is 1. The maximum absolute atomic E-state index is 11.8. The summed E-state index contributed by atoms with van der Waals surface area (Å²) in [7, 11) is 1.57. The number of likely N-dealkylation sites (N-methyl/N-ethyl adjacent to an activating group) is 1. The molecule has 8 nitrogen and oxygen atoms in total. The van der Waals surface area contributed by atoms with Crippen molar-refractivity contribution in [3.8, 4) is 0 Å². The van der Waals surface area contributed by atoms with Crippen LogP contribution in [0.25, 0.3) is 0 Å². The number of allylic oxidation sites excluding steroid dienone is 1. The number of dihydropyridines is 1. The van der Waals surface area contributed by atoms with Crippen LogP contribution in [-0.2, 0) is 9.59 Å². The number of carbonyl (C=O) groups is 2. The summed E-state index contributed by atoms with van der Waals surface area (Å²) < 4.78 is 0. The molecule has 2 amide bonds. The minimum absolute atomic E-state index is 0.157. The van der Waals surface area contributed by atoms with Gasteiger partial charge in [0.2, 0.25) is 6.41 Å². The molecule has 168 valence electrons. The Balaban J connectivity index is 1.97. The van der Waals surface area contributed by atoms with Crippen LogP contribution in [0.4, 0.5) is 0 Å². The van der Waals surface area contributed by atoms with E-state index in [4.69, 9.17) is 0 Å². The Bertz CT molecular complexity index is 676. The van der Waals surface area contributed by atoms with Crippen molar-refractivity contribution in [2.45, 2.75) is 57.8 Å². The van der Waals surface area contributed by atoms with E-state index in [2.05, 4.69) is 46.2 Å². The van der Waals surface area contributed by atoms with E-state index >= 15 is 0 Å². The van der Waals surface area contributed by atoms with Crippen molar-refractivity contribution in [2.24, 2.45) is 0 Å². The average Bonchev–Trinajstić information content (AvgIpc) is 2.72. The van der Waals surface area contributed by atoms with E-state index in [-0.39, 0.29) is 17.8 Å². The van der Waals surface area contributed by atoms with Gasteiger partial charge in [0.15, 0.2) is 0 Å². The van der Waals surface area contributed by atoms with Gasteiger partial charge >= 0.3 is 0 Å². The lowest BCUT2D eigenvalue weighted by atomic mass is 9.99. The Kier molecular flexibility index (Phi) is 9.39. The Morgan fingerprint density at radius 3 is 2.80 bits per heavy atom. The molecule has 2 aliphatic rings. The molecule has 2 heterocycles. The molecule has 1 fully saturated rings. The van der Waals surface area contributed by atoms with Gasteiger partial charge in [-0.05, 0) is 45.6 Å². The van der Waals surface area contributed by atoms with Gasteiger partial charge in [-0.25, -0.2) is 0 Å². The number of aliphatic hydroxyl groups is 1. The van der Waals surface area contributed by atoms with Gasteiger partial charge in [0.05, 0.1) is 5.57 Å². The largest absolute Gasteiger partial charge is 0.509 e. The summed E-state index contributed by atoms with van der Waals surface area (Å²) in [6.07, 6.45) is 7.74. The maximum atomic E-state index is 11.8. The Labute approximate surface area is 180 Å². The Morgan fingerprint density at radius 2 is 2.20 bits per heavy atom. The minimum atomic E-state index is -0.318. The van der Waals surface area contributed by atoms with Crippen molar-refractivity contribution in [3.63, 3.8) is 0 Å². The van der Waals surface area contributed by atoms with Crippen molar-refractivity contribution in [3.05, 3.63) is 35.8 Å². The molecular formula is C22H37N5O3. The number of hydrogen-bond donors (Lipinski definition) is 4. The van der Waals surface area contributed by atoms with E-state index in [9.17, 15) is 14.7 Å². The number of nitrogens with one attached hydrogen (secondary N) is 3. The molecule has 4 N–H and O–H groups in total. The van der Waals surface area contributed by atoms with Gasteiger partial charge in [-0.3, -0.25) is 19.4 Å². The van der Waals surface area contributed by atoms with Crippen molar-refractivity contribution < 1.29 is 14.7 Å². The predicted molar refractivity (Wildman–Crippen MR) is 119 cm³/mol. The Hall–Kier alpha value is -2.32. The zero-order valence-corrected chi connectivity index (χ0v) is 18.5. The number of carbonyl (C=O) groups excluding carboxylic acids is 2. The second kappa shape index (κ2) is 11.8. The van der Waals surface area contributed by atoms with Gasteiger partial charge in [-0.15, -0.1) is 6.58 Å². The molecule has 0 aromatic heterocycles. The highest BCUT2D eigenvalue weighted by Gasteiger charge is 2.34. The Morgan fingerprint density at radius 1 is 1.43 bits per heavy atom. The summed E-state index contributed by atoms with van der Waals surface area (Å²) >= 11 is 0. The summed E-state index contributed by atoms with van der Waals surface area (Å²) in [6, 6.07) is 0.709. The zero-order chi connectivity index (χ0) is 22.1. The van der Waals surface area contributed by atoms with E-state index in [1.54, 1.807) is 13.2 Å². The first-order chi connectivity index (χ1) is 14.4. The van der Waals surface area contributed by atoms with E-state index in [1.807, 2.05) is 0 Å². The SMILES string of the molecule is C=C(C)CCCC(CCNC=O)N1CCN(C2NC=C(C(=O)NC)C=C2O)CC1C. The summed E-state index contributed by atoms with van der Waals surface area (Å²) in [4.78, 5) is 27.2. The first-order valence-corrected chi connectivity index (χ1v) is 10.8. The van der Waals surface area contributed by atoms with Crippen LogP contribution in [0.2, 0.25) is 0 Å². The molecule has 0 aliphatic carbocycles. The standard InChI is InChI=1S/C22H37N5O3/c1-16(2)6-5-7-19(8-9-24-15-28)27-11-10-26(14-17(27)3)21-20(29)12-18(13-25-21)22(30)23-4/h12-13,15,17,19,21,25,29H,1,5-11,14H2,2-4H3,(H,23,30)(H,24,28). The third-order valence-electron chi connectivity index (χ3n) is 5.86. The second-order valence-corrected chi connectivity index (χ2v) is 8.26. The molecular weight excluding hydrogens is 382 g/mol. The van der Waals surface area contributed by atoms with Gasteiger partial charge < -0.3 is 21.1 Å². The molecule has 0 radical (unpaired) electrons. The molecule has 0 aromatic carbocycles. The summed E-state index contributed by atoms with van der Waals surface area (Å²) in [5, 5.41) is 19.0. The quantitative estimate of drug-likeness (QED) is 0.229. The van der Waals surface area contributed by atoms with Crippen LogP contribution in [0, 0.1) is 0 Å². The zero-order valence-electron chi connectivity index (χ0n) is 18.5. The van der Waals surface area contributed by atoms with Gasteiger partial charge in [0, 0.05) is 51.5 Å². The van der Waals surface area contributed by atoms with Crippen molar-refractivity contribution in [1.29, 1.82) is 0 Å². The summed E-state index contributed by atoms with van der Waals surface area (Å²) in [5.74, 6) is -0.0721. The predicted octanol–water partition coefficient (Wildman–Crippen LogP) is 1.24. The fraction of sp³-hybridized carbons (Fsp3) is 0.636. The van der Waals surface area contributed by atoms with Gasteiger partial charge in [-0.2, -0.15) is 0 Å². The highest BCUT2D eigenvalue weighted by atomic mass is 16.3. The van der Waals surface area contributed by atoms with Crippen LogP contribution in [-0.4, -0.2) is 78.7 Å². The molecule has 8 heteroatoms. The summed E-state index contributed by atoms with van der Waals surface area (Å²) in [5.41, 5.74) is 1.62. The van der Waals surface area contributed by atoms with E-state index in [0.717, 1.165) is 51.7 Å². The molecule has 2 rings (SSSR count). The van der Waals surface area contributed by atoms with Crippen LogP contribution >= 0.6 is 0 Å². The van der Waals surface area contributed by atoms with Crippen LogP contribution in [0.3, 0.4) is 0 Å². The van der Waals surface area contributed by atoms with Gasteiger partial charge in [0.25, 0.3) is 5.91 Å². The maximum Gasteiger partial charge on any atom is 0.252 e. The van der Waals surface area contributed by atoms with Crippen LogP contribution in [0.5, 0.6) is 0 Å². The molecule has 0 aromatic rings. The highest BCUT2D eigenvalue weighted by Crippen LogP contribution is 2.23. The molecule has 0 saturated carbocycles. The average molecular weight is 420 g/mol. The van der Waals surface area contributed by atoms with Crippen molar-refractivity contribution in [1.82, 2.24) is 25.8 Å². The fourth-order valence-corrected chi connectivity index (χ4v) is 4.30. The number of amides is 2. The normalized spacial score (nSPS) is 23.6. The van der Waals surface area contributed by atoms with Gasteiger partial charge in [-0.1, -0.05) is 5.57 Å². The lowest BCUT2D eigenvalue weighted by Gasteiger charge is -2.46. The molecule has 30 heavy (non-hydrogen) atoms. The molecule has 3 unspecified atom stereocenters. The smallest absolute Gasteiger partial charge is 0.252 e. The lowest BCUT2D eigenvalue weighted by molar-refractivity contribution is -0.116. The molecule has 3 atom stereocenters. The monoisotopic (exact) mass is 419 g/mol. The minimum Gasteiger partial charge on any atom is -0.509 e. The fourth-order valence-electron chi connectivity index (χ4n) is 4.30.